The van der Waals surface area contributed by atoms with Crippen LogP contribution in [0.4, 0.5) is 11.6 Å². The topological polar surface area (TPSA) is 213 Å². The highest BCUT2D eigenvalue weighted by Crippen LogP contribution is 2.47. The average Bonchev–Trinajstić information content (AvgIpc) is 3.43. The maximum atomic E-state index is 14.1. The third-order valence-corrected chi connectivity index (χ3v) is 10.9. The number of carbonyl (C=O) groups is 1. The Kier molecular flexibility index (Phi) is 9.22. The molecule has 0 radical (unpaired) electrons. The van der Waals surface area contributed by atoms with Crippen molar-refractivity contribution >= 4 is 34.3 Å². The Morgan fingerprint density at radius 1 is 1.09 bits per heavy atom. The third-order valence-electron chi connectivity index (χ3n) is 10.9. The van der Waals surface area contributed by atoms with E-state index in [1.165, 1.54) is 11.0 Å². The number of fused-ring (bicyclic) bond motifs is 3. The van der Waals surface area contributed by atoms with Gasteiger partial charge in [-0.2, -0.15) is 0 Å². The molecule has 8 rings (SSSR count). The van der Waals surface area contributed by atoms with Crippen LogP contribution < -0.4 is 26.5 Å². The first-order chi connectivity index (χ1) is 26.3. The Balaban J connectivity index is 0.976. The van der Waals surface area contributed by atoms with Crippen molar-refractivity contribution in [3.63, 3.8) is 0 Å². The van der Waals surface area contributed by atoms with Crippen LogP contribution in [0.25, 0.3) is 22.2 Å². The van der Waals surface area contributed by atoms with E-state index in [4.69, 9.17) is 30.1 Å². The van der Waals surface area contributed by atoms with Crippen LogP contribution >= 0.6 is 0 Å². The lowest BCUT2D eigenvalue weighted by molar-refractivity contribution is -0.848. The molecule has 0 spiro atoms. The highest BCUT2D eigenvalue weighted by Gasteiger charge is 2.63. The molecule has 1 fully saturated rings. The number of epoxide rings is 1. The number of rotatable bonds is 12. The van der Waals surface area contributed by atoms with Crippen molar-refractivity contribution in [1.82, 2.24) is 9.97 Å². The van der Waals surface area contributed by atoms with Gasteiger partial charge in [-0.3, -0.25) is 14.7 Å². The lowest BCUT2D eigenvalue weighted by Gasteiger charge is -2.39. The lowest BCUT2D eigenvalue weighted by atomic mass is 9.89. The number of aliphatic imine (C=N–C) groups is 1. The van der Waals surface area contributed by atoms with Gasteiger partial charge in [-0.1, -0.05) is 0 Å². The molecule has 14 nitrogen and oxygen atoms in total. The molecule has 3 aromatic heterocycles. The van der Waals surface area contributed by atoms with Crippen LogP contribution in [0, 0.1) is 6.92 Å². The van der Waals surface area contributed by atoms with Gasteiger partial charge in [0.15, 0.2) is 11.0 Å². The number of nitrogens with one attached hydrogen (secondary N) is 1. The molecule has 4 aromatic rings. The largest absolute Gasteiger partial charge is 0.507 e. The number of aryl methyl sites for hydroxylation is 2. The fraction of sp³-hybridized carbons (Fsp3) is 0.390. The number of allylic oxidation sites excluding steroid dienone is 1. The van der Waals surface area contributed by atoms with Crippen LogP contribution in [-0.2, 0) is 33.7 Å². The summed E-state index contributed by atoms with van der Waals surface area (Å²) in [6.45, 7) is 6.68. The van der Waals surface area contributed by atoms with E-state index in [1.54, 1.807) is 32.9 Å². The van der Waals surface area contributed by atoms with Crippen LogP contribution in [0.5, 0.6) is 11.5 Å². The van der Waals surface area contributed by atoms with Crippen molar-refractivity contribution in [3.05, 3.63) is 93.3 Å². The van der Waals surface area contributed by atoms with E-state index in [0.717, 1.165) is 34.7 Å². The summed E-state index contributed by atoms with van der Waals surface area (Å²) in [6, 6.07) is 10.5. The number of hydrogen-bond acceptors (Lipinski definition) is 13. The summed E-state index contributed by atoms with van der Waals surface area (Å²) < 4.78 is 24.4. The van der Waals surface area contributed by atoms with E-state index < -0.39 is 29.4 Å². The molecule has 4 aliphatic rings. The summed E-state index contributed by atoms with van der Waals surface area (Å²) in [5, 5.41) is 20.8. The number of nitrogens with zero attached hydrogens (tertiary/aromatic N) is 3. The summed E-state index contributed by atoms with van der Waals surface area (Å²) in [7, 11) is 0. The van der Waals surface area contributed by atoms with Crippen LogP contribution in [0.15, 0.2) is 74.7 Å². The molecule has 0 amide bonds. The van der Waals surface area contributed by atoms with Crippen LogP contribution in [0.3, 0.4) is 0 Å². The lowest BCUT2D eigenvalue weighted by Crippen LogP contribution is -3.05. The number of ether oxygens (including phenoxy) is 3. The second kappa shape index (κ2) is 13.9. The smallest absolute Gasteiger partial charge is 0.341 e. The highest BCUT2D eigenvalue weighted by atomic mass is 16.7. The second-order valence-electron chi connectivity index (χ2n) is 15.4. The number of nitrogen functional groups attached to an aromatic ring is 2. The number of phenolic OH excluding ortho intramolecular Hbond substituents is 1. The number of phenols is 1. The monoisotopic (exact) mass is 749 g/mol. The molecule has 7 heterocycles. The Morgan fingerprint density at radius 2 is 1.91 bits per heavy atom. The van der Waals surface area contributed by atoms with E-state index in [1.807, 2.05) is 30.5 Å². The normalized spacial score (nSPS) is 23.2. The van der Waals surface area contributed by atoms with E-state index in [-0.39, 0.29) is 35.2 Å². The maximum absolute atomic E-state index is 14.1. The summed E-state index contributed by atoms with van der Waals surface area (Å²) in [5.41, 5.74) is 16.0. The Morgan fingerprint density at radius 3 is 2.71 bits per heavy atom. The molecule has 4 aliphatic heterocycles. The SMILES string of the molecule is Cc1cc(=O)c2c(O)c3c(cc2o1)OC(C)(C)C(OC(=O)C1(CCCCO)OC1CCc1cc(N)nc(-c2cc(N)nc(C[NH+]4C=C5C=CN=C5C4)c2)c1)C3. The van der Waals surface area contributed by atoms with Crippen molar-refractivity contribution in [3.8, 4) is 22.8 Å². The number of aromatic hydroxyl groups is 1. The van der Waals surface area contributed by atoms with Gasteiger partial charge in [0.2, 0.25) is 0 Å². The van der Waals surface area contributed by atoms with Gasteiger partial charge in [-0.05, 0) is 88.8 Å². The molecule has 0 saturated carbocycles. The van der Waals surface area contributed by atoms with Crippen molar-refractivity contribution in [2.45, 2.75) is 89.3 Å². The Bertz CT molecular complexity index is 2370. The number of benzene rings is 1. The molecule has 4 unspecified atom stereocenters. The molecule has 0 aliphatic carbocycles. The van der Waals surface area contributed by atoms with Crippen molar-refractivity contribution in [2.75, 3.05) is 24.6 Å². The predicted molar refractivity (Wildman–Crippen MR) is 205 cm³/mol. The number of nitrogens with two attached hydrogens (primary N) is 2. The second-order valence-corrected chi connectivity index (χ2v) is 15.4. The molecule has 55 heavy (non-hydrogen) atoms. The number of hydrogen-bond donors (Lipinski definition) is 5. The number of carbonyl (C=O) groups excluding carboxylic acids is 1. The number of aliphatic hydroxyl groups is 1. The molecular weight excluding hydrogens is 704 g/mol. The fourth-order valence-electron chi connectivity index (χ4n) is 7.97. The van der Waals surface area contributed by atoms with Gasteiger partial charge < -0.3 is 40.3 Å². The summed E-state index contributed by atoms with van der Waals surface area (Å²) in [6.07, 6.45) is 7.32. The molecule has 0 bridgehead atoms. The minimum Gasteiger partial charge on any atom is -0.507 e. The minimum atomic E-state index is -1.21. The maximum Gasteiger partial charge on any atom is 0.341 e. The number of aromatic nitrogens is 2. The zero-order valence-electron chi connectivity index (χ0n) is 31.1. The highest BCUT2D eigenvalue weighted by molar-refractivity contribution is 6.06. The van der Waals surface area contributed by atoms with Crippen LogP contribution in [-0.4, -0.2) is 68.4 Å². The number of esters is 1. The van der Waals surface area contributed by atoms with Gasteiger partial charge in [0, 0.05) is 42.5 Å². The summed E-state index contributed by atoms with van der Waals surface area (Å²) in [4.78, 5) is 41.7. The first-order valence-electron chi connectivity index (χ1n) is 18.6. The standard InChI is InChI=1S/C41H44N6O8/c1-22-12-30(49)37-32(52-22)18-31-27(38(37)50)17-34(40(2,3)54-31)53-39(51)41(9-4-5-11-48)33(55-41)7-6-23-13-28(46-35(42)14-23)25-15-26(45-36(43)16-25)20-47-19-24-8-10-44-29(24)21-47/h8,10,12-16,18-19,33-34,48,50H,4-7,9,11,17,20-21H2,1-3H3,(H2,42,46)(H2,43,45)/p+1. The van der Waals surface area contributed by atoms with Crippen molar-refractivity contribution in [1.29, 1.82) is 0 Å². The predicted octanol–water partition coefficient (Wildman–Crippen LogP) is 3.24. The Labute approximate surface area is 317 Å². The molecule has 14 heteroatoms. The molecule has 7 N–H and O–H groups in total. The first-order valence-corrected chi connectivity index (χ1v) is 18.6. The Hall–Kier alpha value is -5.57. The van der Waals surface area contributed by atoms with Crippen molar-refractivity contribution < 1.29 is 38.5 Å². The molecule has 4 atom stereocenters. The van der Waals surface area contributed by atoms with Gasteiger partial charge in [0.25, 0.3) is 0 Å². The molecule has 1 aromatic carbocycles. The number of anilines is 2. The van der Waals surface area contributed by atoms with Gasteiger partial charge in [0.1, 0.15) is 76.6 Å². The number of aliphatic hydroxyl groups excluding tert-OH is 1. The summed E-state index contributed by atoms with van der Waals surface area (Å²) >= 11 is 0. The molecular formula is C41H45N6O8+. The fourth-order valence-corrected chi connectivity index (χ4v) is 7.97. The van der Waals surface area contributed by atoms with Gasteiger partial charge in [0.05, 0.1) is 23.1 Å². The van der Waals surface area contributed by atoms with E-state index in [2.05, 4.69) is 21.2 Å². The van der Waals surface area contributed by atoms with Gasteiger partial charge in [-0.25, -0.2) is 14.8 Å². The molecule has 1 saturated heterocycles. The van der Waals surface area contributed by atoms with E-state index in [0.29, 0.717) is 73.1 Å². The van der Waals surface area contributed by atoms with Gasteiger partial charge >= 0.3 is 5.97 Å². The summed E-state index contributed by atoms with van der Waals surface area (Å²) in [5.74, 6) is 0.723. The van der Waals surface area contributed by atoms with Crippen molar-refractivity contribution in [2.24, 2.45) is 4.99 Å². The molecule has 286 valence electrons. The number of pyridine rings is 2. The van der Waals surface area contributed by atoms with Crippen LogP contribution in [0.2, 0.25) is 0 Å². The zero-order valence-corrected chi connectivity index (χ0v) is 31.1. The first kappa shape index (κ1) is 36.4. The minimum absolute atomic E-state index is 0.0131. The van der Waals surface area contributed by atoms with E-state index >= 15 is 0 Å². The number of unbranched alkanes of at least 4 members (excludes halogenated alkanes) is 1. The zero-order chi connectivity index (χ0) is 38.6. The quantitative estimate of drug-likeness (QED) is 0.0803. The number of quaternary nitrogens is 1. The average molecular weight is 750 g/mol. The van der Waals surface area contributed by atoms with Gasteiger partial charge in [-0.15, -0.1) is 0 Å². The van der Waals surface area contributed by atoms with Crippen LogP contribution in [0.1, 0.15) is 62.1 Å². The third kappa shape index (κ3) is 7.08. The van der Waals surface area contributed by atoms with E-state index in [9.17, 15) is 19.8 Å².